The average molecular weight is 310 g/mol. The van der Waals surface area contributed by atoms with Crippen molar-refractivity contribution in [2.24, 2.45) is 0 Å². The van der Waals surface area contributed by atoms with E-state index >= 15 is 0 Å². The second-order valence-corrected chi connectivity index (χ2v) is 4.80. The summed E-state index contributed by atoms with van der Waals surface area (Å²) < 4.78 is 25.0. The molecule has 4 nitrogen and oxygen atoms in total. The van der Waals surface area contributed by atoms with Gasteiger partial charge in [0.1, 0.15) is 0 Å². The summed E-state index contributed by atoms with van der Waals surface area (Å²) in [7, 11) is 0. The van der Waals surface area contributed by atoms with Crippen LogP contribution in [0.4, 0.5) is 4.39 Å². The first-order valence-electron chi connectivity index (χ1n) is 7.66. The maximum atomic E-state index is 14.1. The molecule has 22 heavy (non-hydrogen) atoms. The van der Waals surface area contributed by atoms with E-state index in [2.05, 4.69) is 0 Å². The van der Waals surface area contributed by atoms with Crippen molar-refractivity contribution in [2.45, 2.75) is 46.2 Å². The number of carbonyl (C=O) groups is 2. The largest absolute Gasteiger partial charge is 0.490 e. The van der Waals surface area contributed by atoms with Gasteiger partial charge in [-0.3, -0.25) is 9.59 Å². The van der Waals surface area contributed by atoms with E-state index in [4.69, 9.17) is 9.47 Å². The quantitative estimate of drug-likeness (QED) is 0.488. The number of carbonyl (C=O) groups excluding carboxylic acids is 2. The molecule has 0 saturated carbocycles. The lowest BCUT2D eigenvalue weighted by Crippen LogP contribution is -2.26. The number of hydrogen-bond donors (Lipinski definition) is 0. The number of alkyl halides is 1. The number of rotatable bonds is 10. The molecular formula is C17H23FO4. The number of hydrogen-bond acceptors (Lipinski definition) is 4. The third-order valence-electron chi connectivity index (χ3n) is 3.12. The first-order chi connectivity index (χ1) is 10.6. The van der Waals surface area contributed by atoms with Gasteiger partial charge in [-0.25, -0.2) is 4.39 Å². The zero-order valence-corrected chi connectivity index (χ0v) is 13.4. The van der Waals surface area contributed by atoms with Crippen LogP contribution in [0.1, 0.15) is 50.4 Å². The lowest BCUT2D eigenvalue weighted by atomic mass is 10.00. The van der Waals surface area contributed by atoms with Crippen LogP contribution in [0.15, 0.2) is 18.2 Å². The van der Waals surface area contributed by atoms with E-state index in [1.807, 2.05) is 6.92 Å². The zero-order chi connectivity index (χ0) is 16.5. The molecular weight excluding hydrogens is 287 g/mol. The van der Waals surface area contributed by atoms with Crippen molar-refractivity contribution in [2.75, 3.05) is 13.2 Å². The van der Waals surface area contributed by atoms with Gasteiger partial charge in [-0.05, 0) is 32.4 Å². The van der Waals surface area contributed by atoms with Crippen molar-refractivity contribution in [3.63, 3.8) is 0 Å². The Balaban J connectivity index is 3.05. The topological polar surface area (TPSA) is 52.6 Å². The molecule has 0 aromatic heterocycles. The summed E-state index contributed by atoms with van der Waals surface area (Å²) >= 11 is 0. The highest BCUT2D eigenvalue weighted by molar-refractivity contribution is 6.14. The fourth-order valence-corrected chi connectivity index (χ4v) is 2.03. The summed E-state index contributed by atoms with van der Waals surface area (Å²) in [6.45, 7) is 6.17. The summed E-state index contributed by atoms with van der Waals surface area (Å²) in [5.74, 6) is -0.978. The SMILES string of the molecule is CCCCC(=O)C(F)C(=O)c1cccc(OCC)c1OCC. The van der Waals surface area contributed by atoms with E-state index in [9.17, 15) is 14.0 Å². The Labute approximate surface area is 130 Å². The van der Waals surface area contributed by atoms with Gasteiger partial charge in [0, 0.05) is 6.42 Å². The van der Waals surface area contributed by atoms with Crippen molar-refractivity contribution in [1.29, 1.82) is 0 Å². The maximum absolute atomic E-state index is 14.1. The van der Waals surface area contributed by atoms with Crippen LogP contribution in [-0.2, 0) is 4.79 Å². The van der Waals surface area contributed by atoms with Crippen molar-refractivity contribution in [3.05, 3.63) is 23.8 Å². The standard InChI is InChI=1S/C17H23FO4/c1-4-7-10-13(19)15(18)16(20)12-9-8-11-14(21-5-2)17(12)22-6-3/h8-9,11,15H,4-7,10H2,1-3H3. The Kier molecular flexibility index (Phi) is 7.57. The monoisotopic (exact) mass is 310 g/mol. The van der Waals surface area contributed by atoms with Crippen molar-refractivity contribution in [1.82, 2.24) is 0 Å². The molecule has 0 aliphatic heterocycles. The smallest absolute Gasteiger partial charge is 0.220 e. The number of unbranched alkanes of at least 4 members (excludes halogenated alkanes) is 1. The van der Waals surface area contributed by atoms with Gasteiger partial charge in [0.2, 0.25) is 12.0 Å². The highest BCUT2D eigenvalue weighted by Gasteiger charge is 2.29. The Bertz CT molecular complexity index is 513. The van der Waals surface area contributed by atoms with Gasteiger partial charge in [0.25, 0.3) is 0 Å². The summed E-state index contributed by atoms with van der Waals surface area (Å²) in [6.07, 6.45) is -0.735. The Morgan fingerprint density at radius 1 is 1.14 bits per heavy atom. The van der Waals surface area contributed by atoms with Gasteiger partial charge in [0.05, 0.1) is 18.8 Å². The van der Waals surface area contributed by atoms with Crippen LogP contribution in [0.5, 0.6) is 11.5 Å². The molecule has 5 heteroatoms. The first-order valence-corrected chi connectivity index (χ1v) is 7.66. The normalized spacial score (nSPS) is 11.8. The van der Waals surface area contributed by atoms with Gasteiger partial charge in [0.15, 0.2) is 17.3 Å². The predicted octanol–water partition coefficient (Wildman–Crippen LogP) is 3.76. The minimum atomic E-state index is -2.15. The van der Waals surface area contributed by atoms with Crippen LogP contribution in [0.2, 0.25) is 0 Å². The fraction of sp³-hybridized carbons (Fsp3) is 0.529. The van der Waals surface area contributed by atoms with Crippen molar-refractivity contribution < 1.29 is 23.5 Å². The minimum absolute atomic E-state index is 0.0464. The second kappa shape index (κ2) is 9.18. The molecule has 0 aliphatic carbocycles. The maximum Gasteiger partial charge on any atom is 0.220 e. The second-order valence-electron chi connectivity index (χ2n) is 4.80. The van der Waals surface area contributed by atoms with Crippen LogP contribution in [0, 0.1) is 0 Å². The summed E-state index contributed by atoms with van der Waals surface area (Å²) in [5.41, 5.74) is 0.0464. The van der Waals surface area contributed by atoms with Crippen molar-refractivity contribution >= 4 is 11.6 Å². The highest BCUT2D eigenvalue weighted by atomic mass is 19.1. The van der Waals surface area contributed by atoms with Crippen LogP contribution in [-0.4, -0.2) is 31.0 Å². The van der Waals surface area contributed by atoms with E-state index < -0.39 is 17.7 Å². The Hall–Kier alpha value is -1.91. The van der Waals surface area contributed by atoms with E-state index in [1.165, 1.54) is 6.07 Å². The molecule has 0 bridgehead atoms. The summed E-state index contributed by atoms with van der Waals surface area (Å²) in [6, 6.07) is 4.69. The van der Waals surface area contributed by atoms with E-state index in [-0.39, 0.29) is 17.7 Å². The van der Waals surface area contributed by atoms with Crippen LogP contribution in [0.3, 0.4) is 0 Å². The van der Waals surface area contributed by atoms with Gasteiger partial charge in [-0.15, -0.1) is 0 Å². The molecule has 1 rings (SSSR count). The number of ketones is 2. The Morgan fingerprint density at radius 3 is 2.41 bits per heavy atom. The molecule has 122 valence electrons. The molecule has 0 amide bonds. The molecule has 1 aromatic carbocycles. The van der Waals surface area contributed by atoms with Crippen LogP contribution >= 0.6 is 0 Å². The van der Waals surface area contributed by atoms with Crippen molar-refractivity contribution in [3.8, 4) is 11.5 Å². The number of ether oxygens (including phenoxy) is 2. The van der Waals surface area contributed by atoms with Crippen LogP contribution in [0.25, 0.3) is 0 Å². The van der Waals surface area contributed by atoms with E-state index in [0.29, 0.717) is 25.4 Å². The molecule has 1 aromatic rings. The number of Topliss-reactive ketones (excluding diaryl/α,β-unsaturated/α-hetero) is 2. The number of benzene rings is 1. The minimum Gasteiger partial charge on any atom is -0.490 e. The Morgan fingerprint density at radius 2 is 1.82 bits per heavy atom. The lowest BCUT2D eigenvalue weighted by Gasteiger charge is -2.15. The van der Waals surface area contributed by atoms with Gasteiger partial charge >= 0.3 is 0 Å². The van der Waals surface area contributed by atoms with E-state index in [1.54, 1.807) is 26.0 Å². The molecule has 0 aliphatic rings. The predicted molar refractivity (Wildman–Crippen MR) is 82.5 cm³/mol. The molecule has 0 N–H and O–H groups in total. The molecule has 0 heterocycles. The van der Waals surface area contributed by atoms with E-state index in [0.717, 1.165) is 6.42 Å². The van der Waals surface area contributed by atoms with Crippen LogP contribution < -0.4 is 9.47 Å². The molecule has 0 fully saturated rings. The van der Waals surface area contributed by atoms with Gasteiger partial charge in [-0.2, -0.15) is 0 Å². The summed E-state index contributed by atoms with van der Waals surface area (Å²) in [4.78, 5) is 24.0. The van der Waals surface area contributed by atoms with Gasteiger partial charge in [-0.1, -0.05) is 19.4 Å². The third-order valence-corrected chi connectivity index (χ3v) is 3.12. The molecule has 0 radical (unpaired) electrons. The lowest BCUT2D eigenvalue weighted by molar-refractivity contribution is -0.122. The fourth-order valence-electron chi connectivity index (χ4n) is 2.03. The third kappa shape index (κ3) is 4.55. The number of halogens is 1. The molecule has 1 unspecified atom stereocenters. The average Bonchev–Trinajstić information content (AvgIpc) is 2.53. The number of para-hydroxylation sites is 1. The van der Waals surface area contributed by atoms with Gasteiger partial charge < -0.3 is 9.47 Å². The first kappa shape index (κ1) is 18.1. The molecule has 1 atom stereocenters. The molecule has 0 saturated heterocycles. The summed E-state index contributed by atoms with van der Waals surface area (Å²) in [5, 5.41) is 0. The zero-order valence-electron chi connectivity index (χ0n) is 13.4. The highest BCUT2D eigenvalue weighted by Crippen LogP contribution is 2.32. The molecule has 0 spiro atoms.